The predicted molar refractivity (Wildman–Crippen MR) is 99.6 cm³/mol. The van der Waals surface area contributed by atoms with Gasteiger partial charge in [-0.1, -0.05) is 32.6 Å². The number of carbonyl (C=O) groups excluding carboxylic acids is 1. The largest absolute Gasteiger partial charge is 0.362 e. The molecule has 2 N–H and O–H groups in total. The molecule has 0 fully saturated rings. The number of hydrogen-bond donors (Lipinski definition) is 2. The van der Waals surface area contributed by atoms with Gasteiger partial charge in [-0.25, -0.2) is 0 Å². The topological polar surface area (TPSA) is 84.3 Å². The summed E-state index contributed by atoms with van der Waals surface area (Å²) in [5.74, 6) is -0.336. The molecule has 1 aromatic carbocycles. The monoisotopic (exact) mass is 349 g/mol. The molecule has 0 saturated carbocycles. The number of unbranched alkanes of at least 4 members (excludes halogenated alkanes) is 4. The summed E-state index contributed by atoms with van der Waals surface area (Å²) in [6.45, 7) is 2.92. The lowest BCUT2D eigenvalue weighted by atomic mass is 10.1. The highest BCUT2D eigenvalue weighted by molar-refractivity contribution is 7.80. The van der Waals surface area contributed by atoms with E-state index in [9.17, 15) is 14.9 Å². The second-order valence-electron chi connectivity index (χ2n) is 5.34. The Kier molecular flexibility index (Phi) is 9.29. The maximum Gasteiger partial charge on any atom is 0.269 e. The van der Waals surface area contributed by atoms with Gasteiger partial charge in [-0.05, 0) is 42.4 Å². The second kappa shape index (κ2) is 11.3. The molecule has 1 rings (SSSR count). The number of nitro benzene ring substituents is 1. The number of rotatable bonds is 9. The Morgan fingerprint density at radius 3 is 2.50 bits per heavy atom. The van der Waals surface area contributed by atoms with Crippen molar-refractivity contribution in [3.63, 3.8) is 0 Å². The molecule has 0 saturated heterocycles. The van der Waals surface area contributed by atoms with Crippen molar-refractivity contribution in [2.45, 2.75) is 39.0 Å². The summed E-state index contributed by atoms with van der Waals surface area (Å²) in [5, 5.41) is 16.4. The van der Waals surface area contributed by atoms with E-state index in [2.05, 4.69) is 17.6 Å². The second-order valence-corrected chi connectivity index (χ2v) is 5.75. The van der Waals surface area contributed by atoms with Gasteiger partial charge in [-0.3, -0.25) is 20.2 Å². The number of amides is 1. The Morgan fingerprint density at radius 1 is 1.21 bits per heavy atom. The normalized spacial score (nSPS) is 10.5. The molecule has 1 amide bonds. The van der Waals surface area contributed by atoms with Crippen LogP contribution in [0.2, 0.25) is 0 Å². The summed E-state index contributed by atoms with van der Waals surface area (Å²) < 4.78 is 0. The van der Waals surface area contributed by atoms with Crippen LogP contribution in [0.15, 0.2) is 30.3 Å². The molecule has 0 aliphatic rings. The minimum atomic E-state index is -0.466. The van der Waals surface area contributed by atoms with E-state index in [1.54, 1.807) is 18.2 Å². The first kappa shape index (κ1) is 19.8. The Morgan fingerprint density at radius 2 is 1.88 bits per heavy atom. The van der Waals surface area contributed by atoms with Gasteiger partial charge in [0.2, 0.25) is 5.91 Å². The Labute approximate surface area is 147 Å². The van der Waals surface area contributed by atoms with E-state index < -0.39 is 4.92 Å². The van der Waals surface area contributed by atoms with Crippen LogP contribution in [-0.4, -0.2) is 22.5 Å². The molecule has 24 heavy (non-hydrogen) atoms. The lowest BCUT2D eigenvalue weighted by Crippen LogP contribution is -2.38. The number of benzene rings is 1. The first-order valence-electron chi connectivity index (χ1n) is 8.04. The molecule has 0 aliphatic heterocycles. The van der Waals surface area contributed by atoms with E-state index in [1.165, 1.54) is 37.5 Å². The number of non-ortho nitro benzene ring substituents is 1. The zero-order valence-electron chi connectivity index (χ0n) is 13.8. The molecule has 0 unspecified atom stereocenters. The van der Waals surface area contributed by atoms with Gasteiger partial charge in [0.25, 0.3) is 5.69 Å². The van der Waals surface area contributed by atoms with Crippen LogP contribution >= 0.6 is 12.2 Å². The summed E-state index contributed by atoms with van der Waals surface area (Å²) >= 11 is 5.06. The first-order valence-corrected chi connectivity index (χ1v) is 8.45. The van der Waals surface area contributed by atoms with Crippen LogP contribution in [0.4, 0.5) is 5.69 Å². The molecular formula is C17H23N3O3S. The minimum absolute atomic E-state index is 0.0147. The predicted octanol–water partition coefficient (Wildman–Crippen LogP) is 3.57. The fraction of sp³-hybridized carbons (Fsp3) is 0.412. The summed E-state index contributed by atoms with van der Waals surface area (Å²) in [6, 6.07) is 5.94. The lowest BCUT2D eigenvalue weighted by molar-refractivity contribution is -0.384. The van der Waals surface area contributed by atoms with Crippen LogP contribution in [-0.2, 0) is 4.79 Å². The summed E-state index contributed by atoms with van der Waals surface area (Å²) in [6.07, 6.45) is 8.77. The van der Waals surface area contributed by atoms with E-state index in [0.717, 1.165) is 19.4 Å². The molecular weight excluding hydrogens is 326 g/mol. The zero-order valence-corrected chi connectivity index (χ0v) is 14.6. The zero-order chi connectivity index (χ0) is 17.8. The van der Waals surface area contributed by atoms with Crippen molar-refractivity contribution in [2.75, 3.05) is 6.54 Å². The molecule has 0 heterocycles. The highest BCUT2D eigenvalue weighted by Crippen LogP contribution is 2.12. The third-order valence-corrected chi connectivity index (χ3v) is 3.58. The summed E-state index contributed by atoms with van der Waals surface area (Å²) in [7, 11) is 0. The Bertz CT molecular complexity index is 585. The average molecular weight is 349 g/mol. The van der Waals surface area contributed by atoms with E-state index in [0.29, 0.717) is 10.7 Å². The van der Waals surface area contributed by atoms with Crippen molar-refractivity contribution in [3.8, 4) is 0 Å². The van der Waals surface area contributed by atoms with Gasteiger partial charge >= 0.3 is 0 Å². The maximum atomic E-state index is 11.7. The van der Waals surface area contributed by atoms with Gasteiger partial charge in [0.05, 0.1) is 4.92 Å². The Balaban J connectivity index is 2.29. The van der Waals surface area contributed by atoms with Crippen molar-refractivity contribution in [3.05, 3.63) is 46.0 Å². The highest BCUT2D eigenvalue weighted by atomic mass is 32.1. The van der Waals surface area contributed by atoms with Crippen molar-refractivity contribution in [1.29, 1.82) is 0 Å². The van der Waals surface area contributed by atoms with Gasteiger partial charge in [0.1, 0.15) is 0 Å². The molecule has 0 bridgehead atoms. The highest BCUT2D eigenvalue weighted by Gasteiger charge is 2.03. The van der Waals surface area contributed by atoms with Crippen molar-refractivity contribution >= 4 is 35.0 Å². The van der Waals surface area contributed by atoms with Crippen LogP contribution in [0.1, 0.15) is 44.6 Å². The molecule has 0 spiro atoms. The number of nitro groups is 1. The van der Waals surface area contributed by atoms with Crippen molar-refractivity contribution in [1.82, 2.24) is 10.6 Å². The standard InChI is InChI=1S/C17H23N3O3S/c1-2-3-4-5-6-13-18-17(24)19-16(21)12-9-14-7-10-15(11-8-14)20(22)23/h7-12H,2-6,13H2,1H3,(H2,18,19,21,24)/b12-9+. The van der Waals surface area contributed by atoms with Gasteiger partial charge in [0, 0.05) is 24.8 Å². The van der Waals surface area contributed by atoms with Gasteiger partial charge in [-0.2, -0.15) is 0 Å². The van der Waals surface area contributed by atoms with Crippen molar-refractivity contribution < 1.29 is 9.72 Å². The number of hydrogen-bond acceptors (Lipinski definition) is 4. The number of thiocarbonyl (C=S) groups is 1. The van der Waals surface area contributed by atoms with Crippen LogP contribution in [0.3, 0.4) is 0 Å². The van der Waals surface area contributed by atoms with Crippen LogP contribution < -0.4 is 10.6 Å². The van der Waals surface area contributed by atoms with Crippen molar-refractivity contribution in [2.24, 2.45) is 0 Å². The summed E-state index contributed by atoms with van der Waals surface area (Å²) in [5.41, 5.74) is 0.714. The SMILES string of the molecule is CCCCCCCNC(=S)NC(=O)/C=C/c1ccc([N+](=O)[O-])cc1. The quantitative estimate of drug-likeness (QED) is 0.234. The molecule has 0 aromatic heterocycles. The van der Waals surface area contributed by atoms with Crippen LogP contribution in [0.25, 0.3) is 6.08 Å². The van der Waals surface area contributed by atoms with Gasteiger partial charge in [0.15, 0.2) is 5.11 Å². The van der Waals surface area contributed by atoms with Gasteiger partial charge < -0.3 is 5.32 Å². The first-order chi connectivity index (χ1) is 11.5. The minimum Gasteiger partial charge on any atom is -0.362 e. The smallest absolute Gasteiger partial charge is 0.269 e. The Hall–Kier alpha value is -2.28. The van der Waals surface area contributed by atoms with E-state index in [1.807, 2.05) is 0 Å². The third-order valence-electron chi connectivity index (χ3n) is 3.33. The van der Waals surface area contributed by atoms with E-state index >= 15 is 0 Å². The fourth-order valence-corrected chi connectivity index (χ4v) is 2.21. The fourth-order valence-electron chi connectivity index (χ4n) is 2.01. The van der Waals surface area contributed by atoms with E-state index in [-0.39, 0.29) is 11.6 Å². The van der Waals surface area contributed by atoms with Gasteiger partial charge in [-0.15, -0.1) is 0 Å². The number of nitrogens with zero attached hydrogens (tertiary/aromatic N) is 1. The molecule has 130 valence electrons. The molecule has 0 aliphatic carbocycles. The lowest BCUT2D eigenvalue weighted by Gasteiger charge is -2.07. The molecule has 0 atom stereocenters. The van der Waals surface area contributed by atoms with Crippen LogP contribution in [0.5, 0.6) is 0 Å². The molecule has 7 heteroatoms. The van der Waals surface area contributed by atoms with E-state index in [4.69, 9.17) is 12.2 Å². The summed E-state index contributed by atoms with van der Waals surface area (Å²) in [4.78, 5) is 21.8. The third kappa shape index (κ3) is 8.38. The molecule has 0 radical (unpaired) electrons. The molecule has 6 nitrogen and oxygen atoms in total. The number of carbonyl (C=O) groups is 1. The van der Waals surface area contributed by atoms with Crippen LogP contribution in [0, 0.1) is 10.1 Å². The average Bonchev–Trinajstić information content (AvgIpc) is 2.56. The molecule has 1 aromatic rings. The maximum absolute atomic E-state index is 11.7. The number of nitrogens with one attached hydrogen (secondary N) is 2.